The van der Waals surface area contributed by atoms with E-state index in [4.69, 9.17) is 5.73 Å². The van der Waals surface area contributed by atoms with Gasteiger partial charge in [-0.15, -0.1) is 0 Å². The summed E-state index contributed by atoms with van der Waals surface area (Å²) in [5.41, 5.74) is 5.48. The van der Waals surface area contributed by atoms with Crippen molar-refractivity contribution in [3.63, 3.8) is 0 Å². The molecule has 6 nitrogen and oxygen atoms in total. The second kappa shape index (κ2) is 5.44. The van der Waals surface area contributed by atoms with E-state index in [0.717, 1.165) is 0 Å². The van der Waals surface area contributed by atoms with Crippen LogP contribution in [0.15, 0.2) is 23.2 Å². The first-order valence-corrected chi connectivity index (χ1v) is 6.60. The molecular weight excluding hydrogens is 240 g/mol. The zero-order chi connectivity index (χ0) is 13.1. The SMILES string of the molecule is CN(C)CCN(C)S(=O)(=O)c1ccnc(N)c1. The summed E-state index contributed by atoms with van der Waals surface area (Å²) in [6.45, 7) is 1.09. The van der Waals surface area contributed by atoms with Gasteiger partial charge in [0.15, 0.2) is 0 Å². The molecule has 0 amide bonds. The van der Waals surface area contributed by atoms with Gasteiger partial charge < -0.3 is 10.6 Å². The van der Waals surface area contributed by atoms with Gasteiger partial charge in [0.05, 0.1) is 4.90 Å². The molecule has 0 aliphatic heterocycles. The van der Waals surface area contributed by atoms with Crippen LogP contribution in [0.1, 0.15) is 0 Å². The summed E-state index contributed by atoms with van der Waals surface area (Å²) >= 11 is 0. The summed E-state index contributed by atoms with van der Waals surface area (Å²) in [6, 6.07) is 2.80. The maximum atomic E-state index is 12.1. The Hall–Kier alpha value is -1.18. The lowest BCUT2D eigenvalue weighted by Crippen LogP contribution is -2.33. The molecule has 0 atom stereocenters. The molecule has 0 spiro atoms. The normalized spacial score (nSPS) is 12.3. The maximum absolute atomic E-state index is 12.1. The van der Waals surface area contributed by atoms with Crippen molar-refractivity contribution in [1.82, 2.24) is 14.2 Å². The fourth-order valence-corrected chi connectivity index (χ4v) is 2.41. The molecular formula is C10H18N4O2S. The van der Waals surface area contributed by atoms with Crippen LogP contribution >= 0.6 is 0 Å². The first-order chi connectivity index (χ1) is 7.84. The van der Waals surface area contributed by atoms with Crippen LogP contribution in [0, 0.1) is 0 Å². The van der Waals surface area contributed by atoms with E-state index < -0.39 is 10.0 Å². The van der Waals surface area contributed by atoms with Gasteiger partial charge in [-0.3, -0.25) is 0 Å². The number of aromatic nitrogens is 1. The van der Waals surface area contributed by atoms with Crippen LogP contribution in [0.5, 0.6) is 0 Å². The minimum Gasteiger partial charge on any atom is -0.384 e. The van der Waals surface area contributed by atoms with Gasteiger partial charge in [0.25, 0.3) is 0 Å². The van der Waals surface area contributed by atoms with Gasteiger partial charge in [-0.05, 0) is 20.2 Å². The molecule has 0 saturated carbocycles. The molecule has 0 aliphatic rings. The molecule has 0 fully saturated rings. The molecule has 96 valence electrons. The Morgan fingerprint density at radius 3 is 2.47 bits per heavy atom. The monoisotopic (exact) mass is 258 g/mol. The van der Waals surface area contributed by atoms with Crippen molar-refractivity contribution in [3.8, 4) is 0 Å². The lowest BCUT2D eigenvalue weighted by atomic mass is 10.5. The summed E-state index contributed by atoms with van der Waals surface area (Å²) in [6.07, 6.45) is 1.39. The highest BCUT2D eigenvalue weighted by atomic mass is 32.2. The van der Waals surface area contributed by atoms with Crippen LogP contribution < -0.4 is 5.73 Å². The van der Waals surface area contributed by atoms with Crippen molar-refractivity contribution in [2.24, 2.45) is 0 Å². The molecule has 1 aromatic rings. The van der Waals surface area contributed by atoms with Crippen molar-refractivity contribution in [2.75, 3.05) is 40.0 Å². The van der Waals surface area contributed by atoms with Gasteiger partial charge in [-0.25, -0.2) is 13.4 Å². The number of pyridine rings is 1. The number of hydrogen-bond acceptors (Lipinski definition) is 5. The van der Waals surface area contributed by atoms with Gasteiger partial charge in [0.1, 0.15) is 5.82 Å². The lowest BCUT2D eigenvalue weighted by Gasteiger charge is -2.19. The van der Waals surface area contributed by atoms with Crippen molar-refractivity contribution in [2.45, 2.75) is 4.90 Å². The average molecular weight is 258 g/mol. The molecule has 1 aromatic heterocycles. The Labute approximate surface area is 102 Å². The van der Waals surface area contributed by atoms with E-state index in [1.165, 1.54) is 22.6 Å². The second-order valence-corrected chi connectivity index (χ2v) is 6.09. The smallest absolute Gasteiger partial charge is 0.243 e. The number of anilines is 1. The van der Waals surface area contributed by atoms with Crippen molar-refractivity contribution < 1.29 is 8.42 Å². The predicted molar refractivity (Wildman–Crippen MR) is 67.0 cm³/mol. The van der Waals surface area contributed by atoms with Crippen molar-refractivity contribution in [3.05, 3.63) is 18.3 Å². The highest BCUT2D eigenvalue weighted by molar-refractivity contribution is 7.89. The summed E-state index contributed by atoms with van der Waals surface area (Å²) in [5, 5.41) is 0. The van der Waals surface area contributed by atoms with Crippen LogP contribution in [0.2, 0.25) is 0 Å². The third-order valence-electron chi connectivity index (χ3n) is 2.32. The molecule has 0 aliphatic carbocycles. The number of rotatable bonds is 5. The summed E-state index contributed by atoms with van der Waals surface area (Å²) in [7, 11) is 1.87. The number of nitrogen functional groups attached to an aromatic ring is 1. The van der Waals surface area contributed by atoms with Crippen LogP contribution in [-0.2, 0) is 10.0 Å². The van der Waals surface area contributed by atoms with Gasteiger partial charge in [-0.1, -0.05) is 0 Å². The zero-order valence-electron chi connectivity index (χ0n) is 10.3. The minimum atomic E-state index is -3.47. The van der Waals surface area contributed by atoms with E-state index >= 15 is 0 Å². The average Bonchev–Trinajstić information content (AvgIpc) is 2.25. The van der Waals surface area contributed by atoms with Gasteiger partial charge in [-0.2, -0.15) is 4.31 Å². The summed E-state index contributed by atoms with van der Waals surface area (Å²) in [5.74, 6) is 0.201. The highest BCUT2D eigenvalue weighted by Gasteiger charge is 2.20. The quantitative estimate of drug-likeness (QED) is 0.794. The first kappa shape index (κ1) is 13.9. The third kappa shape index (κ3) is 3.65. The molecule has 0 saturated heterocycles. The van der Waals surface area contributed by atoms with Gasteiger partial charge in [0.2, 0.25) is 10.0 Å². The number of sulfonamides is 1. The molecule has 17 heavy (non-hydrogen) atoms. The molecule has 0 aromatic carbocycles. The first-order valence-electron chi connectivity index (χ1n) is 5.16. The molecule has 1 rings (SSSR count). The van der Waals surface area contributed by atoms with Crippen LogP contribution in [-0.4, -0.2) is 56.8 Å². The Morgan fingerprint density at radius 2 is 1.94 bits per heavy atom. The Morgan fingerprint density at radius 1 is 1.29 bits per heavy atom. The maximum Gasteiger partial charge on any atom is 0.243 e. The third-order valence-corrected chi connectivity index (χ3v) is 4.18. The standard InChI is InChI=1S/C10H18N4O2S/c1-13(2)6-7-14(3)17(15,16)9-4-5-12-10(11)8-9/h4-5,8H,6-7H2,1-3H3,(H2,11,12). The number of hydrogen-bond donors (Lipinski definition) is 1. The minimum absolute atomic E-state index is 0.172. The van der Waals surface area contributed by atoms with E-state index in [9.17, 15) is 8.42 Å². The van der Waals surface area contributed by atoms with E-state index in [0.29, 0.717) is 13.1 Å². The van der Waals surface area contributed by atoms with E-state index in [2.05, 4.69) is 4.98 Å². The number of nitrogens with two attached hydrogens (primary N) is 1. The van der Waals surface area contributed by atoms with Crippen molar-refractivity contribution in [1.29, 1.82) is 0 Å². The fourth-order valence-electron chi connectivity index (χ4n) is 1.23. The van der Waals surface area contributed by atoms with E-state index in [-0.39, 0.29) is 10.7 Å². The Kier molecular flexibility index (Phi) is 4.44. The lowest BCUT2D eigenvalue weighted by molar-refractivity contribution is 0.358. The topological polar surface area (TPSA) is 79.5 Å². The molecule has 0 unspecified atom stereocenters. The highest BCUT2D eigenvalue weighted by Crippen LogP contribution is 2.14. The van der Waals surface area contributed by atoms with E-state index in [1.807, 2.05) is 19.0 Å². The molecule has 1 heterocycles. The summed E-state index contributed by atoms with van der Waals surface area (Å²) in [4.78, 5) is 5.87. The van der Waals surface area contributed by atoms with Crippen molar-refractivity contribution >= 4 is 15.8 Å². The predicted octanol–water partition coefficient (Wildman–Crippen LogP) is -0.154. The van der Waals surface area contributed by atoms with E-state index in [1.54, 1.807) is 7.05 Å². The van der Waals surface area contributed by atoms with Gasteiger partial charge in [0, 0.05) is 32.4 Å². The van der Waals surface area contributed by atoms with Crippen LogP contribution in [0.25, 0.3) is 0 Å². The largest absolute Gasteiger partial charge is 0.384 e. The number of likely N-dealkylation sites (N-methyl/N-ethyl adjacent to an activating group) is 2. The van der Waals surface area contributed by atoms with Crippen LogP contribution in [0.3, 0.4) is 0 Å². The zero-order valence-corrected chi connectivity index (χ0v) is 11.1. The molecule has 0 radical (unpaired) electrons. The molecule has 2 N–H and O–H groups in total. The number of nitrogens with zero attached hydrogens (tertiary/aromatic N) is 3. The fraction of sp³-hybridized carbons (Fsp3) is 0.500. The Balaban J connectivity index is 2.88. The van der Waals surface area contributed by atoms with Gasteiger partial charge >= 0.3 is 0 Å². The Bertz CT molecular complexity index is 473. The molecule has 7 heteroatoms. The summed E-state index contributed by atoms with van der Waals surface area (Å²) < 4.78 is 25.5. The molecule has 0 bridgehead atoms. The van der Waals surface area contributed by atoms with Crippen LogP contribution in [0.4, 0.5) is 5.82 Å². The second-order valence-electron chi connectivity index (χ2n) is 4.05.